The number of carbonyl (C=O) groups excluding carboxylic acids is 1. The fourth-order valence-electron chi connectivity index (χ4n) is 3.92. The van der Waals surface area contributed by atoms with Crippen LogP contribution in [0.15, 0.2) is 24.7 Å². The predicted octanol–water partition coefficient (Wildman–Crippen LogP) is 2.10. The van der Waals surface area contributed by atoms with E-state index in [9.17, 15) is 27.2 Å². The molecule has 1 atom stereocenters. The number of piperidine rings is 1. The van der Waals surface area contributed by atoms with Crippen LogP contribution in [-0.2, 0) is 19.2 Å². The van der Waals surface area contributed by atoms with E-state index in [0.29, 0.717) is 44.5 Å². The molecule has 0 saturated carbocycles. The summed E-state index contributed by atoms with van der Waals surface area (Å²) in [4.78, 5) is 52.2. The molecule has 1 amide bonds. The minimum atomic E-state index is -5.08. The Morgan fingerprint density at radius 1 is 1.15 bits per heavy atom. The zero-order chi connectivity index (χ0) is 29.4. The molecule has 2 aliphatic heterocycles. The molecule has 0 bridgehead atoms. The first kappa shape index (κ1) is 30.0. The SMILES string of the molecule is N#Cc1cncc([C@@H]2CCON2C(=O)C2CCN(c3ncc(F)c(OCC(=O)O)n3)CC2)c1.O=C(O)C(F)(F)F. The molecule has 2 aliphatic rings. The van der Waals surface area contributed by atoms with Crippen molar-refractivity contribution < 1.29 is 51.7 Å². The Morgan fingerprint density at radius 2 is 1.82 bits per heavy atom. The summed E-state index contributed by atoms with van der Waals surface area (Å²) in [6.07, 6.45) is 0.588. The van der Waals surface area contributed by atoms with Crippen molar-refractivity contribution in [3.8, 4) is 11.9 Å². The summed E-state index contributed by atoms with van der Waals surface area (Å²) in [6, 6.07) is 3.47. The Kier molecular flexibility index (Phi) is 9.72. The number of carboxylic acids is 2. The molecule has 4 heterocycles. The summed E-state index contributed by atoms with van der Waals surface area (Å²) < 4.78 is 50.4. The van der Waals surface area contributed by atoms with Gasteiger partial charge < -0.3 is 19.8 Å². The Bertz CT molecular complexity index is 1280. The lowest BCUT2D eigenvalue weighted by atomic mass is 9.95. The molecule has 2 N–H and O–H groups in total. The summed E-state index contributed by atoms with van der Waals surface area (Å²) in [7, 11) is 0. The topological polar surface area (TPSA) is 179 Å². The zero-order valence-electron chi connectivity index (χ0n) is 20.5. The number of aliphatic carboxylic acids is 2. The highest BCUT2D eigenvalue weighted by molar-refractivity contribution is 5.79. The van der Waals surface area contributed by atoms with Crippen molar-refractivity contribution in [2.24, 2.45) is 5.92 Å². The van der Waals surface area contributed by atoms with Crippen LogP contribution in [0.4, 0.5) is 23.5 Å². The average molecular weight is 570 g/mol. The number of amides is 1. The number of nitrogens with zero attached hydrogens (tertiary/aromatic N) is 6. The maximum atomic E-state index is 13.8. The molecule has 2 aromatic heterocycles. The molecule has 0 aromatic carbocycles. The van der Waals surface area contributed by atoms with Gasteiger partial charge >= 0.3 is 18.1 Å². The summed E-state index contributed by atoms with van der Waals surface area (Å²) in [5, 5.41) is 26.3. The van der Waals surface area contributed by atoms with Gasteiger partial charge in [-0.2, -0.15) is 27.8 Å². The van der Waals surface area contributed by atoms with E-state index in [2.05, 4.69) is 21.0 Å². The molecule has 0 radical (unpaired) electrons. The van der Waals surface area contributed by atoms with E-state index >= 15 is 0 Å². The van der Waals surface area contributed by atoms with Crippen LogP contribution < -0.4 is 9.64 Å². The van der Waals surface area contributed by atoms with E-state index in [4.69, 9.17) is 29.8 Å². The number of carbonyl (C=O) groups is 3. The molecule has 17 heteroatoms. The number of anilines is 1. The number of pyridine rings is 1. The van der Waals surface area contributed by atoms with E-state index in [1.54, 1.807) is 17.2 Å². The lowest BCUT2D eigenvalue weighted by Gasteiger charge is -2.34. The van der Waals surface area contributed by atoms with Crippen molar-refractivity contribution in [3.05, 3.63) is 41.6 Å². The highest BCUT2D eigenvalue weighted by Gasteiger charge is 2.39. The molecule has 2 aromatic rings. The number of aromatic nitrogens is 3. The Morgan fingerprint density at radius 3 is 2.42 bits per heavy atom. The molecule has 4 rings (SSSR count). The van der Waals surface area contributed by atoms with Crippen molar-refractivity contribution in [2.45, 2.75) is 31.5 Å². The fourth-order valence-corrected chi connectivity index (χ4v) is 3.92. The van der Waals surface area contributed by atoms with Crippen LogP contribution in [0.5, 0.6) is 5.88 Å². The summed E-state index contributed by atoms with van der Waals surface area (Å²) in [6.45, 7) is 0.580. The van der Waals surface area contributed by atoms with Crippen molar-refractivity contribution >= 4 is 23.8 Å². The summed E-state index contributed by atoms with van der Waals surface area (Å²) in [5.41, 5.74) is 1.18. The third-order valence-electron chi connectivity index (χ3n) is 5.80. The third kappa shape index (κ3) is 7.72. The van der Waals surface area contributed by atoms with Crippen molar-refractivity contribution in [2.75, 3.05) is 31.2 Å². The van der Waals surface area contributed by atoms with E-state index < -0.39 is 36.4 Å². The van der Waals surface area contributed by atoms with E-state index in [0.717, 1.165) is 11.8 Å². The second-order valence-corrected chi connectivity index (χ2v) is 8.49. The van der Waals surface area contributed by atoms with Crippen LogP contribution in [0.3, 0.4) is 0 Å². The quantitative estimate of drug-likeness (QED) is 0.484. The Hall–Kier alpha value is -4.59. The smallest absolute Gasteiger partial charge is 0.479 e. The molecule has 0 unspecified atom stereocenters. The fraction of sp³-hybridized carbons (Fsp3) is 0.435. The van der Waals surface area contributed by atoms with Gasteiger partial charge in [-0.05, 0) is 24.5 Å². The first-order valence-corrected chi connectivity index (χ1v) is 11.6. The maximum absolute atomic E-state index is 13.8. The number of carboxylic acid groups (broad SMARTS) is 2. The van der Waals surface area contributed by atoms with Gasteiger partial charge in [0.1, 0.15) is 6.07 Å². The van der Waals surface area contributed by atoms with Gasteiger partial charge in [0, 0.05) is 37.8 Å². The normalized spacial score (nSPS) is 17.4. The van der Waals surface area contributed by atoms with E-state index in [-0.39, 0.29) is 23.8 Å². The predicted molar refractivity (Wildman–Crippen MR) is 123 cm³/mol. The Labute approximate surface area is 223 Å². The largest absolute Gasteiger partial charge is 0.490 e. The van der Waals surface area contributed by atoms with Crippen LogP contribution >= 0.6 is 0 Å². The maximum Gasteiger partial charge on any atom is 0.490 e. The van der Waals surface area contributed by atoms with E-state index in [1.807, 2.05) is 0 Å². The minimum absolute atomic E-state index is 0.134. The number of hydrogen-bond donors (Lipinski definition) is 2. The number of halogens is 4. The van der Waals surface area contributed by atoms with Gasteiger partial charge in [0.05, 0.1) is 24.4 Å². The molecule has 0 spiro atoms. The number of nitriles is 1. The number of rotatable bonds is 6. The van der Waals surface area contributed by atoms with Gasteiger partial charge in [-0.25, -0.2) is 19.6 Å². The molecule has 2 fully saturated rings. The van der Waals surface area contributed by atoms with Gasteiger partial charge in [-0.3, -0.25) is 14.6 Å². The van der Waals surface area contributed by atoms with Crippen LogP contribution in [0.25, 0.3) is 0 Å². The number of alkyl halides is 3. The number of hydrogen-bond acceptors (Lipinski definition) is 10. The molecular formula is C23H22F4N6O7. The second-order valence-electron chi connectivity index (χ2n) is 8.49. The van der Waals surface area contributed by atoms with Gasteiger partial charge in [-0.15, -0.1) is 0 Å². The van der Waals surface area contributed by atoms with Gasteiger partial charge in [0.25, 0.3) is 5.88 Å². The van der Waals surface area contributed by atoms with Crippen molar-refractivity contribution in [3.63, 3.8) is 0 Å². The molecule has 214 valence electrons. The Balaban J connectivity index is 0.000000559. The molecular weight excluding hydrogens is 548 g/mol. The standard InChI is InChI=1S/C21H21FN6O5.C2HF3O2/c22-16-11-25-21(26-19(16)32-12-18(29)30)27-4-1-14(2-5-27)20(31)28-17(3-6-33-28)15-7-13(8-23)9-24-10-15;3-2(4,5)1(6)7/h7,9-11,14,17H,1-6,12H2,(H,29,30);(H,6,7)/t17-;/m0./s1. The molecule has 40 heavy (non-hydrogen) atoms. The van der Waals surface area contributed by atoms with Crippen molar-refractivity contribution in [1.82, 2.24) is 20.0 Å². The second kappa shape index (κ2) is 13.0. The van der Waals surface area contributed by atoms with Gasteiger partial charge in [-0.1, -0.05) is 0 Å². The summed E-state index contributed by atoms with van der Waals surface area (Å²) in [5.74, 6) is -5.49. The van der Waals surface area contributed by atoms with Crippen LogP contribution in [-0.4, -0.2) is 80.6 Å². The lowest BCUT2D eigenvalue weighted by Crippen LogP contribution is -2.42. The number of hydroxylamine groups is 2. The van der Waals surface area contributed by atoms with E-state index in [1.165, 1.54) is 11.3 Å². The van der Waals surface area contributed by atoms with Gasteiger partial charge in [0.2, 0.25) is 17.7 Å². The number of ether oxygens (including phenoxy) is 1. The minimum Gasteiger partial charge on any atom is -0.479 e. The first-order valence-electron chi connectivity index (χ1n) is 11.6. The first-order chi connectivity index (χ1) is 18.9. The average Bonchev–Trinajstić information content (AvgIpc) is 3.42. The van der Waals surface area contributed by atoms with Crippen LogP contribution in [0.2, 0.25) is 0 Å². The van der Waals surface area contributed by atoms with Crippen LogP contribution in [0, 0.1) is 23.1 Å². The van der Waals surface area contributed by atoms with Crippen molar-refractivity contribution in [1.29, 1.82) is 5.26 Å². The molecule has 2 saturated heterocycles. The van der Waals surface area contributed by atoms with Crippen LogP contribution in [0.1, 0.15) is 36.4 Å². The summed E-state index contributed by atoms with van der Waals surface area (Å²) >= 11 is 0. The zero-order valence-corrected chi connectivity index (χ0v) is 20.5. The lowest BCUT2D eigenvalue weighted by molar-refractivity contribution is -0.192. The molecule has 13 nitrogen and oxygen atoms in total. The third-order valence-corrected chi connectivity index (χ3v) is 5.80. The monoisotopic (exact) mass is 570 g/mol. The molecule has 0 aliphatic carbocycles. The van der Waals surface area contributed by atoms with Gasteiger partial charge in [0.15, 0.2) is 6.61 Å². The highest BCUT2D eigenvalue weighted by Crippen LogP contribution is 2.34. The highest BCUT2D eigenvalue weighted by atomic mass is 19.4.